The summed E-state index contributed by atoms with van der Waals surface area (Å²) in [7, 11) is 0. The number of aliphatic carboxylic acids is 1. The highest BCUT2D eigenvalue weighted by atomic mass is 16.5. The zero-order valence-corrected chi connectivity index (χ0v) is 6.24. The van der Waals surface area contributed by atoms with E-state index >= 15 is 0 Å². The van der Waals surface area contributed by atoms with Gasteiger partial charge in [0.25, 0.3) is 0 Å². The molecule has 0 saturated heterocycles. The third kappa shape index (κ3) is 3.57. The molecule has 11 heavy (non-hydrogen) atoms. The maximum Gasteiger partial charge on any atom is 0.334 e. The minimum absolute atomic E-state index is 0.208. The first kappa shape index (κ1) is 9.90. The predicted molar refractivity (Wildman–Crippen MR) is 36.9 cm³/mol. The molecule has 0 fully saturated rings. The van der Waals surface area contributed by atoms with Gasteiger partial charge >= 0.3 is 11.9 Å². The van der Waals surface area contributed by atoms with E-state index in [-0.39, 0.29) is 6.61 Å². The van der Waals surface area contributed by atoms with Crippen molar-refractivity contribution in [1.82, 2.24) is 0 Å². The molecule has 0 heterocycles. The minimum atomic E-state index is -1.55. The quantitative estimate of drug-likeness (QED) is 0.422. The van der Waals surface area contributed by atoms with Gasteiger partial charge in [0, 0.05) is 0 Å². The number of ether oxygens (including phenoxy) is 1. The zero-order chi connectivity index (χ0) is 8.85. The van der Waals surface area contributed by atoms with Crippen LogP contribution in [0.2, 0.25) is 0 Å². The Hall–Kier alpha value is -1.10. The summed E-state index contributed by atoms with van der Waals surface area (Å²) in [6.07, 6.45) is 0.651. The molecule has 0 rings (SSSR count). The van der Waals surface area contributed by atoms with Crippen LogP contribution in [0.4, 0.5) is 0 Å². The number of esters is 1. The first-order valence-corrected chi connectivity index (χ1v) is 3.24. The summed E-state index contributed by atoms with van der Waals surface area (Å²) in [6, 6.07) is -1.55. The van der Waals surface area contributed by atoms with E-state index in [0.29, 0.717) is 6.42 Å². The van der Waals surface area contributed by atoms with Gasteiger partial charge in [-0.15, -0.1) is 0 Å². The Morgan fingerprint density at radius 2 is 2.18 bits per heavy atom. The number of carbonyl (C=O) groups is 2. The van der Waals surface area contributed by atoms with E-state index in [4.69, 9.17) is 10.8 Å². The molecule has 1 atom stereocenters. The average molecular weight is 161 g/mol. The summed E-state index contributed by atoms with van der Waals surface area (Å²) in [5.74, 6) is -2.26. The number of carboxylic acids is 1. The van der Waals surface area contributed by atoms with Gasteiger partial charge in [0.15, 0.2) is 0 Å². The summed E-state index contributed by atoms with van der Waals surface area (Å²) in [5.41, 5.74) is 4.93. The van der Waals surface area contributed by atoms with Crippen LogP contribution < -0.4 is 5.73 Å². The molecule has 5 heteroatoms. The molecule has 0 aromatic carbocycles. The van der Waals surface area contributed by atoms with Crippen LogP contribution in [0, 0.1) is 0 Å². The standard InChI is InChI=1S/C6H11NO4/c1-2-3-11-6(10)4(7)5(8)9/h4H,2-3,7H2,1H3,(H,8,9). The van der Waals surface area contributed by atoms with Gasteiger partial charge in [0.2, 0.25) is 6.04 Å². The summed E-state index contributed by atoms with van der Waals surface area (Å²) in [6.45, 7) is 2.01. The fraction of sp³-hybridized carbons (Fsp3) is 0.667. The van der Waals surface area contributed by atoms with Crippen molar-refractivity contribution in [3.63, 3.8) is 0 Å². The lowest BCUT2D eigenvalue weighted by Gasteiger charge is -2.05. The monoisotopic (exact) mass is 161 g/mol. The maximum absolute atomic E-state index is 10.6. The van der Waals surface area contributed by atoms with Gasteiger partial charge in [0.1, 0.15) is 0 Å². The number of carboxylic acid groups (broad SMARTS) is 1. The van der Waals surface area contributed by atoms with Crippen molar-refractivity contribution < 1.29 is 19.4 Å². The highest BCUT2D eigenvalue weighted by Gasteiger charge is 2.22. The van der Waals surface area contributed by atoms with Crippen LogP contribution in [0.25, 0.3) is 0 Å². The summed E-state index contributed by atoms with van der Waals surface area (Å²) in [5, 5.41) is 8.23. The molecule has 0 aliphatic carbocycles. The van der Waals surface area contributed by atoms with Gasteiger partial charge in [-0.2, -0.15) is 0 Å². The van der Waals surface area contributed by atoms with Gasteiger partial charge in [0.05, 0.1) is 6.61 Å². The van der Waals surface area contributed by atoms with Gasteiger partial charge < -0.3 is 15.6 Å². The number of carbonyl (C=O) groups excluding carboxylic acids is 1. The summed E-state index contributed by atoms with van der Waals surface area (Å²) in [4.78, 5) is 20.7. The fourth-order valence-corrected chi connectivity index (χ4v) is 0.393. The Morgan fingerprint density at radius 3 is 2.55 bits per heavy atom. The topological polar surface area (TPSA) is 89.6 Å². The molecule has 0 amide bonds. The molecule has 0 radical (unpaired) electrons. The number of hydrogen-bond acceptors (Lipinski definition) is 4. The first-order valence-electron chi connectivity index (χ1n) is 3.24. The van der Waals surface area contributed by atoms with Crippen molar-refractivity contribution in [3.05, 3.63) is 0 Å². The third-order valence-corrected chi connectivity index (χ3v) is 0.968. The smallest absolute Gasteiger partial charge is 0.334 e. The Morgan fingerprint density at radius 1 is 1.64 bits per heavy atom. The molecule has 0 aromatic heterocycles. The molecule has 0 spiro atoms. The lowest BCUT2D eigenvalue weighted by Crippen LogP contribution is -2.39. The second-order valence-corrected chi connectivity index (χ2v) is 1.98. The molecule has 3 N–H and O–H groups in total. The molecule has 0 aromatic rings. The highest BCUT2D eigenvalue weighted by Crippen LogP contribution is 1.87. The molecule has 0 bridgehead atoms. The van der Waals surface area contributed by atoms with Crippen molar-refractivity contribution >= 4 is 11.9 Å². The maximum atomic E-state index is 10.6. The first-order chi connectivity index (χ1) is 5.09. The van der Waals surface area contributed by atoms with E-state index in [1.807, 2.05) is 0 Å². The predicted octanol–water partition coefficient (Wildman–Crippen LogP) is -0.648. The van der Waals surface area contributed by atoms with Crippen LogP contribution >= 0.6 is 0 Å². The van der Waals surface area contributed by atoms with Crippen LogP contribution in [-0.4, -0.2) is 29.7 Å². The summed E-state index contributed by atoms with van der Waals surface area (Å²) >= 11 is 0. The fourth-order valence-electron chi connectivity index (χ4n) is 0.393. The van der Waals surface area contributed by atoms with E-state index in [1.54, 1.807) is 6.92 Å². The Kier molecular flexibility index (Phi) is 4.21. The second-order valence-electron chi connectivity index (χ2n) is 1.98. The van der Waals surface area contributed by atoms with E-state index in [2.05, 4.69) is 4.74 Å². The number of nitrogens with two attached hydrogens (primary N) is 1. The molecule has 0 saturated carbocycles. The Bertz CT molecular complexity index is 157. The van der Waals surface area contributed by atoms with Crippen molar-refractivity contribution in [3.8, 4) is 0 Å². The Balaban J connectivity index is 3.74. The normalized spacial score (nSPS) is 12.2. The van der Waals surface area contributed by atoms with Gasteiger partial charge in [-0.05, 0) is 6.42 Å². The number of rotatable bonds is 4. The van der Waals surface area contributed by atoms with E-state index in [9.17, 15) is 9.59 Å². The zero-order valence-electron chi connectivity index (χ0n) is 6.24. The van der Waals surface area contributed by atoms with E-state index in [0.717, 1.165) is 0 Å². The Labute approximate surface area is 64.1 Å². The SMILES string of the molecule is CCCOC(=O)C(N)C(=O)O. The van der Waals surface area contributed by atoms with E-state index in [1.165, 1.54) is 0 Å². The average Bonchev–Trinajstić information content (AvgIpc) is 1.98. The molecule has 5 nitrogen and oxygen atoms in total. The van der Waals surface area contributed by atoms with Gasteiger partial charge in [-0.3, -0.25) is 0 Å². The summed E-state index contributed by atoms with van der Waals surface area (Å²) < 4.78 is 4.47. The lowest BCUT2D eigenvalue weighted by molar-refractivity contribution is -0.153. The molecule has 0 aliphatic rings. The van der Waals surface area contributed by atoms with Crippen LogP contribution in [0.3, 0.4) is 0 Å². The lowest BCUT2D eigenvalue weighted by atomic mass is 10.3. The van der Waals surface area contributed by atoms with Crippen LogP contribution in [0.1, 0.15) is 13.3 Å². The van der Waals surface area contributed by atoms with Crippen molar-refractivity contribution in [2.45, 2.75) is 19.4 Å². The molecule has 0 aliphatic heterocycles. The van der Waals surface area contributed by atoms with Crippen LogP contribution in [0.5, 0.6) is 0 Å². The second kappa shape index (κ2) is 4.68. The number of hydrogen-bond donors (Lipinski definition) is 2. The van der Waals surface area contributed by atoms with Crippen molar-refractivity contribution in [2.24, 2.45) is 5.73 Å². The van der Waals surface area contributed by atoms with Crippen LogP contribution in [0.15, 0.2) is 0 Å². The highest BCUT2D eigenvalue weighted by molar-refractivity contribution is 5.97. The molecule has 64 valence electrons. The van der Waals surface area contributed by atoms with Gasteiger partial charge in [-0.1, -0.05) is 6.92 Å². The molecular formula is C6H11NO4. The van der Waals surface area contributed by atoms with Crippen molar-refractivity contribution in [1.29, 1.82) is 0 Å². The van der Waals surface area contributed by atoms with Crippen LogP contribution in [-0.2, 0) is 14.3 Å². The van der Waals surface area contributed by atoms with Gasteiger partial charge in [-0.25, -0.2) is 9.59 Å². The largest absolute Gasteiger partial charge is 0.480 e. The molecule has 1 unspecified atom stereocenters. The molecular weight excluding hydrogens is 150 g/mol. The minimum Gasteiger partial charge on any atom is -0.480 e. The van der Waals surface area contributed by atoms with Crippen molar-refractivity contribution in [2.75, 3.05) is 6.61 Å². The van der Waals surface area contributed by atoms with E-state index < -0.39 is 18.0 Å². The third-order valence-electron chi connectivity index (χ3n) is 0.968.